The van der Waals surface area contributed by atoms with Gasteiger partial charge in [0.25, 0.3) is 5.69 Å². The Balaban J connectivity index is 2.27. The summed E-state index contributed by atoms with van der Waals surface area (Å²) in [5.41, 5.74) is 6.32. The van der Waals surface area contributed by atoms with Gasteiger partial charge < -0.3 is 10.3 Å². The molecule has 0 saturated carbocycles. The number of non-ortho nitro benzene ring substituents is 1. The van der Waals surface area contributed by atoms with E-state index < -0.39 is 0 Å². The number of aromatic nitrogens is 1. The van der Waals surface area contributed by atoms with Gasteiger partial charge in [-0.05, 0) is 39.0 Å². The van der Waals surface area contributed by atoms with Crippen molar-refractivity contribution in [2.45, 2.75) is 20.8 Å². The molecule has 118 valence electrons. The first kappa shape index (κ1) is 15.1. The zero-order valence-corrected chi connectivity index (χ0v) is 13.4. The van der Waals surface area contributed by atoms with Gasteiger partial charge in [0.1, 0.15) is 0 Å². The molecule has 5 heteroatoms. The van der Waals surface area contributed by atoms with Crippen molar-refractivity contribution in [2.75, 3.05) is 11.9 Å². The molecule has 0 aliphatic rings. The highest BCUT2D eigenvalue weighted by Crippen LogP contribution is 2.37. The van der Waals surface area contributed by atoms with Crippen LogP contribution in [0.25, 0.3) is 22.2 Å². The smallest absolute Gasteiger partial charge is 0.270 e. The molecule has 0 amide bonds. The molecule has 3 rings (SSSR count). The molecule has 2 N–H and O–H groups in total. The van der Waals surface area contributed by atoms with E-state index in [-0.39, 0.29) is 10.6 Å². The molecule has 0 spiro atoms. The van der Waals surface area contributed by atoms with E-state index in [0.29, 0.717) is 0 Å². The van der Waals surface area contributed by atoms with Gasteiger partial charge in [0.15, 0.2) is 0 Å². The van der Waals surface area contributed by atoms with E-state index in [2.05, 4.69) is 42.3 Å². The van der Waals surface area contributed by atoms with Crippen molar-refractivity contribution >= 4 is 22.3 Å². The highest BCUT2D eigenvalue weighted by Gasteiger charge is 2.16. The Kier molecular flexibility index (Phi) is 3.78. The molecule has 1 aromatic heterocycles. The van der Waals surface area contributed by atoms with Crippen LogP contribution in [-0.2, 0) is 0 Å². The second kappa shape index (κ2) is 5.76. The fourth-order valence-electron chi connectivity index (χ4n) is 2.99. The van der Waals surface area contributed by atoms with Crippen LogP contribution in [0.2, 0.25) is 0 Å². The van der Waals surface area contributed by atoms with Crippen LogP contribution < -0.4 is 5.32 Å². The zero-order chi connectivity index (χ0) is 16.6. The second-order valence-corrected chi connectivity index (χ2v) is 5.77. The Morgan fingerprint density at radius 2 is 1.83 bits per heavy atom. The lowest BCUT2D eigenvalue weighted by molar-refractivity contribution is -0.384. The Bertz CT molecular complexity index is 876. The van der Waals surface area contributed by atoms with Gasteiger partial charge in [-0.3, -0.25) is 10.1 Å². The molecule has 5 nitrogen and oxygen atoms in total. The van der Waals surface area contributed by atoms with Crippen LogP contribution in [0.4, 0.5) is 11.4 Å². The van der Waals surface area contributed by atoms with Crippen molar-refractivity contribution in [1.29, 1.82) is 0 Å². The number of nitro groups is 1. The van der Waals surface area contributed by atoms with Crippen LogP contribution in [0.1, 0.15) is 18.1 Å². The molecular formula is C18H19N3O2. The van der Waals surface area contributed by atoms with E-state index in [0.717, 1.165) is 34.4 Å². The predicted molar refractivity (Wildman–Crippen MR) is 94.0 cm³/mol. The standard InChI is InChI=1S/C18H19N3O2/c1-4-19-18-15-10-14(21(22)23)5-6-16(15)20-17(18)13-8-11(2)7-12(3)9-13/h5-10,19-20H,4H2,1-3H3. The molecule has 1 heterocycles. The SMILES string of the molecule is CCNc1c(-c2cc(C)cc(C)c2)[nH]c2ccc([N+](=O)[O-])cc12. The van der Waals surface area contributed by atoms with E-state index in [1.807, 2.05) is 6.92 Å². The predicted octanol–water partition coefficient (Wildman–Crippen LogP) is 4.79. The fraction of sp³-hybridized carbons (Fsp3) is 0.222. The average Bonchev–Trinajstić information content (AvgIpc) is 2.85. The van der Waals surface area contributed by atoms with Crippen LogP contribution in [-0.4, -0.2) is 16.5 Å². The Morgan fingerprint density at radius 3 is 2.43 bits per heavy atom. The number of benzene rings is 2. The van der Waals surface area contributed by atoms with Crippen molar-refractivity contribution < 1.29 is 4.92 Å². The van der Waals surface area contributed by atoms with Crippen LogP contribution in [0.5, 0.6) is 0 Å². The number of anilines is 1. The number of nitro benzene ring substituents is 1. The summed E-state index contributed by atoms with van der Waals surface area (Å²) in [5, 5.41) is 15.2. The van der Waals surface area contributed by atoms with E-state index >= 15 is 0 Å². The highest BCUT2D eigenvalue weighted by molar-refractivity contribution is 6.02. The minimum Gasteiger partial charge on any atom is -0.383 e. The lowest BCUT2D eigenvalue weighted by Gasteiger charge is -2.08. The van der Waals surface area contributed by atoms with Gasteiger partial charge in [0.2, 0.25) is 0 Å². The molecule has 0 aliphatic heterocycles. The second-order valence-electron chi connectivity index (χ2n) is 5.77. The fourth-order valence-corrected chi connectivity index (χ4v) is 2.99. The van der Waals surface area contributed by atoms with Gasteiger partial charge in [-0.2, -0.15) is 0 Å². The van der Waals surface area contributed by atoms with Crippen molar-refractivity contribution in [3.05, 3.63) is 57.6 Å². The number of hydrogen-bond acceptors (Lipinski definition) is 3. The maximum atomic E-state index is 11.1. The van der Waals surface area contributed by atoms with Gasteiger partial charge in [-0.15, -0.1) is 0 Å². The summed E-state index contributed by atoms with van der Waals surface area (Å²) in [6.45, 7) is 6.89. The molecule has 0 aliphatic carbocycles. The van der Waals surface area contributed by atoms with Crippen LogP contribution >= 0.6 is 0 Å². The van der Waals surface area contributed by atoms with Crippen LogP contribution in [0, 0.1) is 24.0 Å². The lowest BCUT2D eigenvalue weighted by Crippen LogP contribution is -1.98. The van der Waals surface area contributed by atoms with Gasteiger partial charge in [0, 0.05) is 35.1 Å². The van der Waals surface area contributed by atoms with Crippen molar-refractivity contribution in [3.63, 3.8) is 0 Å². The third kappa shape index (κ3) is 2.77. The first-order chi connectivity index (χ1) is 11.0. The first-order valence-corrected chi connectivity index (χ1v) is 7.62. The molecule has 0 saturated heterocycles. The first-order valence-electron chi connectivity index (χ1n) is 7.62. The third-order valence-electron chi connectivity index (χ3n) is 3.86. The van der Waals surface area contributed by atoms with Crippen molar-refractivity contribution in [2.24, 2.45) is 0 Å². The lowest BCUT2D eigenvalue weighted by atomic mass is 10.0. The number of aryl methyl sites for hydroxylation is 2. The molecule has 23 heavy (non-hydrogen) atoms. The average molecular weight is 309 g/mol. The maximum Gasteiger partial charge on any atom is 0.270 e. The van der Waals surface area contributed by atoms with Gasteiger partial charge in [-0.1, -0.05) is 17.2 Å². The summed E-state index contributed by atoms with van der Waals surface area (Å²) >= 11 is 0. The summed E-state index contributed by atoms with van der Waals surface area (Å²) in [6.07, 6.45) is 0. The Morgan fingerprint density at radius 1 is 1.13 bits per heavy atom. The molecular weight excluding hydrogens is 290 g/mol. The highest BCUT2D eigenvalue weighted by atomic mass is 16.6. The zero-order valence-electron chi connectivity index (χ0n) is 13.4. The summed E-state index contributed by atoms with van der Waals surface area (Å²) < 4.78 is 0. The Labute approximate surface area is 134 Å². The number of nitrogens with one attached hydrogen (secondary N) is 2. The molecule has 0 fully saturated rings. The molecule has 0 bridgehead atoms. The van der Waals surface area contributed by atoms with Crippen molar-refractivity contribution in [3.8, 4) is 11.3 Å². The van der Waals surface area contributed by atoms with Crippen LogP contribution in [0.15, 0.2) is 36.4 Å². The summed E-state index contributed by atoms with van der Waals surface area (Å²) in [7, 11) is 0. The topological polar surface area (TPSA) is 71.0 Å². The number of hydrogen-bond donors (Lipinski definition) is 2. The number of nitrogens with zero attached hydrogens (tertiary/aromatic N) is 1. The molecule has 0 radical (unpaired) electrons. The molecule has 3 aromatic rings. The van der Waals surface area contributed by atoms with E-state index in [4.69, 9.17) is 0 Å². The van der Waals surface area contributed by atoms with Crippen LogP contribution in [0.3, 0.4) is 0 Å². The van der Waals surface area contributed by atoms with E-state index in [9.17, 15) is 10.1 Å². The summed E-state index contributed by atoms with van der Waals surface area (Å²) in [5.74, 6) is 0. The van der Waals surface area contributed by atoms with Gasteiger partial charge in [-0.25, -0.2) is 0 Å². The van der Waals surface area contributed by atoms with Gasteiger partial charge >= 0.3 is 0 Å². The molecule has 0 unspecified atom stereocenters. The number of rotatable bonds is 4. The number of H-pyrrole nitrogens is 1. The van der Waals surface area contributed by atoms with Crippen molar-refractivity contribution in [1.82, 2.24) is 4.98 Å². The summed E-state index contributed by atoms with van der Waals surface area (Å²) in [4.78, 5) is 14.1. The monoisotopic (exact) mass is 309 g/mol. The largest absolute Gasteiger partial charge is 0.383 e. The minimum atomic E-state index is -0.362. The maximum absolute atomic E-state index is 11.1. The summed E-state index contributed by atoms with van der Waals surface area (Å²) in [6, 6.07) is 11.3. The molecule has 2 aromatic carbocycles. The van der Waals surface area contributed by atoms with E-state index in [1.165, 1.54) is 17.2 Å². The molecule has 0 atom stereocenters. The normalized spacial score (nSPS) is 10.9. The number of fused-ring (bicyclic) bond motifs is 1. The Hall–Kier alpha value is -2.82. The van der Waals surface area contributed by atoms with E-state index in [1.54, 1.807) is 12.1 Å². The minimum absolute atomic E-state index is 0.0997. The quantitative estimate of drug-likeness (QED) is 0.537. The third-order valence-corrected chi connectivity index (χ3v) is 3.86. The van der Waals surface area contributed by atoms with Gasteiger partial charge in [0.05, 0.1) is 16.3 Å². The number of aromatic amines is 1.